The van der Waals surface area contributed by atoms with Crippen LogP contribution in [0, 0.1) is 11.3 Å². The van der Waals surface area contributed by atoms with E-state index in [0.717, 1.165) is 0 Å². The summed E-state index contributed by atoms with van der Waals surface area (Å²) in [5.74, 6) is -5.20. The third-order valence-electron chi connectivity index (χ3n) is 5.03. The van der Waals surface area contributed by atoms with Crippen molar-refractivity contribution in [1.29, 1.82) is 0 Å². The van der Waals surface area contributed by atoms with Gasteiger partial charge < -0.3 is 46.0 Å². The van der Waals surface area contributed by atoms with Gasteiger partial charge in [-0.3, -0.25) is 9.59 Å². The average Bonchev–Trinajstić information content (AvgIpc) is 2.84. The van der Waals surface area contributed by atoms with Crippen LogP contribution in [-0.2, 0) is 9.59 Å². The van der Waals surface area contributed by atoms with Gasteiger partial charge >= 0.3 is 23.9 Å². The number of aliphatic hydroxyl groups excluding tert-OH is 5. The van der Waals surface area contributed by atoms with Crippen LogP contribution in [0.25, 0.3) is 0 Å². The molecule has 0 aromatic heterocycles. The molecule has 9 N–H and O–H groups in total. The van der Waals surface area contributed by atoms with Crippen molar-refractivity contribution in [2.75, 3.05) is 33.0 Å². The Hall–Kier alpha value is -3.10. The second-order valence-electron chi connectivity index (χ2n) is 7.79. The number of carbonyl (C=O) groups is 4. The third-order valence-corrected chi connectivity index (χ3v) is 5.03. The summed E-state index contributed by atoms with van der Waals surface area (Å²) in [5, 5.41) is 77.8. The Labute approximate surface area is 207 Å². The fourth-order valence-electron chi connectivity index (χ4n) is 2.69. The van der Waals surface area contributed by atoms with Crippen LogP contribution in [0.4, 0.5) is 0 Å². The van der Waals surface area contributed by atoms with E-state index in [-0.39, 0.29) is 56.4 Å². The van der Waals surface area contributed by atoms with E-state index in [9.17, 15) is 19.2 Å². The van der Waals surface area contributed by atoms with Crippen LogP contribution in [0.1, 0.15) is 59.2 Å². The lowest BCUT2D eigenvalue weighted by molar-refractivity contribution is -0.143. The maximum Gasteiger partial charge on any atom is 0.336 e. The first-order valence-corrected chi connectivity index (χ1v) is 11.0. The summed E-state index contributed by atoms with van der Waals surface area (Å²) in [6.45, 7) is -1.10. The minimum absolute atomic E-state index is 0.0884. The molecule has 0 heterocycles. The summed E-state index contributed by atoms with van der Waals surface area (Å²) in [4.78, 5) is 42.3. The van der Waals surface area contributed by atoms with Gasteiger partial charge in [-0.25, -0.2) is 9.59 Å². The summed E-state index contributed by atoms with van der Waals surface area (Å²) >= 11 is 0. The fourth-order valence-corrected chi connectivity index (χ4v) is 2.69. The van der Waals surface area contributed by atoms with Crippen LogP contribution >= 0.6 is 0 Å². The maximum atomic E-state index is 11.0. The average molecular weight is 521 g/mol. The number of benzene rings is 1. The summed E-state index contributed by atoms with van der Waals surface area (Å²) in [6, 6.07) is 5.48. The van der Waals surface area contributed by atoms with Crippen LogP contribution in [-0.4, -0.2) is 103 Å². The molecule has 206 valence electrons. The van der Waals surface area contributed by atoms with Gasteiger partial charge in [0.15, 0.2) is 0 Å². The maximum absolute atomic E-state index is 11.0. The molecule has 0 radical (unpaired) electrons. The molecule has 1 aromatic carbocycles. The van der Waals surface area contributed by atoms with Crippen molar-refractivity contribution in [3.8, 4) is 0 Å². The van der Waals surface area contributed by atoms with Crippen molar-refractivity contribution in [2.24, 2.45) is 11.3 Å². The normalized spacial score (nSPS) is 11.2. The quantitative estimate of drug-likeness (QED) is 0.149. The Kier molecular flexibility index (Phi) is 19.6. The van der Waals surface area contributed by atoms with E-state index in [2.05, 4.69) is 0 Å². The first kappa shape index (κ1) is 35.1. The highest BCUT2D eigenvalue weighted by atomic mass is 16.4. The van der Waals surface area contributed by atoms with Gasteiger partial charge in [0.05, 0.1) is 36.9 Å². The Morgan fingerprint density at radius 1 is 0.694 bits per heavy atom. The molecule has 13 heteroatoms. The number of aromatic carboxylic acids is 2. The van der Waals surface area contributed by atoms with Crippen LogP contribution in [0.2, 0.25) is 0 Å². The van der Waals surface area contributed by atoms with Crippen LogP contribution < -0.4 is 0 Å². The largest absolute Gasteiger partial charge is 0.481 e. The number of rotatable bonds is 15. The molecule has 1 unspecified atom stereocenters. The standard InChI is InChI=1S/C12H22O7.C8H6O4.C3H8O2/c13-6-12(7-14,8-15)5-4-9(11(18)19)2-1-3-10(16)17;9-7(10)5-3-1-2-4-6(5)8(11)12;4-2-1-3-5/h9,13-15H,1-8H2,(H,16,17)(H,18,19);1-4H,(H,9,10)(H,11,12);4-5H,1-3H2. The highest BCUT2D eigenvalue weighted by Gasteiger charge is 2.30. The molecule has 0 amide bonds. The highest BCUT2D eigenvalue weighted by molar-refractivity contribution is 6.01. The van der Waals surface area contributed by atoms with Crippen LogP contribution in [0.5, 0.6) is 0 Å². The second kappa shape index (κ2) is 20.1. The predicted octanol–water partition coefficient (Wildman–Crippen LogP) is 0.130. The summed E-state index contributed by atoms with van der Waals surface area (Å²) < 4.78 is 0. The fraction of sp³-hybridized carbons (Fsp3) is 0.565. The van der Waals surface area contributed by atoms with Gasteiger partial charge in [0.1, 0.15) is 0 Å². The molecule has 0 aliphatic rings. The topological polar surface area (TPSA) is 250 Å². The molecule has 0 fully saturated rings. The lowest BCUT2D eigenvalue weighted by Gasteiger charge is -2.28. The number of hydrogen-bond donors (Lipinski definition) is 9. The van der Waals surface area contributed by atoms with Gasteiger partial charge in [0.2, 0.25) is 0 Å². The molecular weight excluding hydrogens is 484 g/mol. The zero-order valence-corrected chi connectivity index (χ0v) is 19.8. The van der Waals surface area contributed by atoms with Crippen LogP contribution in [0.3, 0.4) is 0 Å². The van der Waals surface area contributed by atoms with Gasteiger partial charge in [0, 0.05) is 25.0 Å². The van der Waals surface area contributed by atoms with E-state index in [0.29, 0.717) is 6.42 Å². The lowest BCUT2D eigenvalue weighted by Crippen LogP contribution is -2.35. The number of hydrogen-bond acceptors (Lipinski definition) is 9. The van der Waals surface area contributed by atoms with E-state index in [1.54, 1.807) is 0 Å². The molecular formula is C23H36O13. The zero-order chi connectivity index (χ0) is 28.1. The Bertz CT molecular complexity index is 747. The molecule has 0 bridgehead atoms. The van der Waals surface area contributed by atoms with E-state index in [1.165, 1.54) is 24.3 Å². The second-order valence-corrected chi connectivity index (χ2v) is 7.79. The minimum Gasteiger partial charge on any atom is -0.481 e. The zero-order valence-electron chi connectivity index (χ0n) is 19.8. The van der Waals surface area contributed by atoms with Crippen molar-refractivity contribution >= 4 is 23.9 Å². The lowest BCUT2D eigenvalue weighted by atomic mass is 9.82. The van der Waals surface area contributed by atoms with E-state index in [1.807, 2.05) is 0 Å². The molecule has 1 rings (SSSR count). The Morgan fingerprint density at radius 2 is 1.14 bits per heavy atom. The molecule has 0 aliphatic heterocycles. The third kappa shape index (κ3) is 15.0. The number of aliphatic hydroxyl groups is 5. The summed E-state index contributed by atoms with van der Waals surface area (Å²) in [7, 11) is 0. The predicted molar refractivity (Wildman–Crippen MR) is 125 cm³/mol. The van der Waals surface area contributed by atoms with E-state index < -0.39 is 55.0 Å². The van der Waals surface area contributed by atoms with Gasteiger partial charge in [-0.2, -0.15) is 0 Å². The molecule has 0 spiro atoms. The summed E-state index contributed by atoms with van der Waals surface area (Å²) in [6.07, 6.45) is 1.24. The minimum atomic E-state index is -1.23. The summed E-state index contributed by atoms with van der Waals surface area (Å²) in [5.41, 5.74) is -1.46. The molecule has 36 heavy (non-hydrogen) atoms. The Morgan fingerprint density at radius 3 is 1.42 bits per heavy atom. The van der Waals surface area contributed by atoms with E-state index in [4.69, 9.17) is 46.0 Å². The first-order valence-electron chi connectivity index (χ1n) is 11.0. The monoisotopic (exact) mass is 520 g/mol. The van der Waals surface area contributed by atoms with Crippen molar-refractivity contribution < 1.29 is 65.1 Å². The first-order chi connectivity index (χ1) is 16.9. The van der Waals surface area contributed by atoms with Gasteiger partial charge in [0.25, 0.3) is 0 Å². The van der Waals surface area contributed by atoms with Gasteiger partial charge in [-0.15, -0.1) is 0 Å². The Balaban J connectivity index is 0. The van der Waals surface area contributed by atoms with Crippen molar-refractivity contribution in [1.82, 2.24) is 0 Å². The number of carboxylic acid groups (broad SMARTS) is 4. The number of carboxylic acids is 4. The molecule has 0 saturated heterocycles. The van der Waals surface area contributed by atoms with Crippen molar-refractivity contribution in [3.05, 3.63) is 35.4 Å². The number of aliphatic carboxylic acids is 2. The highest BCUT2D eigenvalue weighted by Crippen LogP contribution is 2.27. The van der Waals surface area contributed by atoms with Gasteiger partial charge in [-0.1, -0.05) is 12.1 Å². The van der Waals surface area contributed by atoms with Gasteiger partial charge in [-0.05, 0) is 44.2 Å². The van der Waals surface area contributed by atoms with Crippen molar-refractivity contribution in [3.63, 3.8) is 0 Å². The SMILES string of the molecule is O=C(O)CCCC(CCC(CO)(CO)CO)C(=O)O.O=C(O)c1ccccc1C(=O)O.OCCCO. The molecule has 0 aliphatic carbocycles. The van der Waals surface area contributed by atoms with Crippen LogP contribution in [0.15, 0.2) is 24.3 Å². The molecule has 1 aromatic rings. The molecule has 13 nitrogen and oxygen atoms in total. The molecule has 1 atom stereocenters. The van der Waals surface area contributed by atoms with Crippen molar-refractivity contribution in [2.45, 2.75) is 38.5 Å². The smallest absolute Gasteiger partial charge is 0.336 e. The molecule has 0 saturated carbocycles. The van der Waals surface area contributed by atoms with E-state index >= 15 is 0 Å².